The maximum atomic E-state index is 13.8. The molecule has 2 aromatic heterocycles. The minimum absolute atomic E-state index is 0.00784. The summed E-state index contributed by atoms with van der Waals surface area (Å²) in [7, 11) is 0. The number of aromatic nitrogens is 4. The van der Waals surface area contributed by atoms with E-state index in [4.69, 9.17) is 11.6 Å². The number of benzene rings is 1. The summed E-state index contributed by atoms with van der Waals surface area (Å²) in [5.74, 6) is -0.360. The van der Waals surface area contributed by atoms with Crippen molar-refractivity contribution in [1.29, 1.82) is 0 Å². The van der Waals surface area contributed by atoms with Crippen molar-refractivity contribution in [3.05, 3.63) is 56.5 Å². The van der Waals surface area contributed by atoms with Gasteiger partial charge in [-0.2, -0.15) is 31.5 Å². The van der Waals surface area contributed by atoms with Crippen LogP contribution in [-0.2, 0) is 23.9 Å². The molecule has 3 aromatic rings. The van der Waals surface area contributed by atoms with Crippen LogP contribution in [0.5, 0.6) is 0 Å². The Kier molecular flexibility index (Phi) is 8.42. The van der Waals surface area contributed by atoms with Crippen molar-refractivity contribution in [3.8, 4) is 0 Å². The van der Waals surface area contributed by atoms with Crippen LogP contribution in [0.2, 0.25) is 5.02 Å². The first-order valence-electron chi connectivity index (χ1n) is 13.4. The maximum absolute atomic E-state index is 13.8. The number of hydrogen-bond acceptors (Lipinski definition) is 7. The first kappa shape index (κ1) is 29.8. The Morgan fingerprint density at radius 1 is 1.10 bits per heavy atom. The number of fused-ring (bicyclic) bond motifs is 1. The Balaban J connectivity index is 1.54. The van der Waals surface area contributed by atoms with Gasteiger partial charge < -0.3 is 25.0 Å². The summed E-state index contributed by atoms with van der Waals surface area (Å²) in [6.07, 6.45) is -5.67. The van der Waals surface area contributed by atoms with Gasteiger partial charge >= 0.3 is 6.18 Å². The number of nitrogens with one attached hydrogen (secondary N) is 2. The number of amides is 1. The van der Waals surface area contributed by atoms with Gasteiger partial charge in [0.15, 0.2) is 0 Å². The number of hydrogen-bond donors (Lipinski definition) is 2. The van der Waals surface area contributed by atoms with E-state index >= 15 is 0 Å². The lowest BCUT2D eigenvalue weighted by atomic mass is 10.1. The molecular weight excluding hydrogens is 587 g/mol. The fourth-order valence-corrected chi connectivity index (χ4v) is 5.46. The number of piperidine rings is 1. The topological polar surface area (TPSA) is 99.8 Å². The average molecular weight is 615 g/mol. The molecule has 0 saturated carbocycles. The highest BCUT2D eigenvalue weighted by atomic mass is 35.5. The molecule has 10 nitrogen and oxygen atoms in total. The number of nitrogens with zero attached hydrogens (tertiary/aromatic N) is 6. The van der Waals surface area contributed by atoms with Crippen LogP contribution in [0, 0.1) is 0 Å². The molecule has 1 aromatic carbocycles. The lowest BCUT2D eigenvalue weighted by Gasteiger charge is -2.31. The zero-order chi connectivity index (χ0) is 30.2. The molecule has 2 aliphatic rings. The molecule has 2 N–H and O–H groups in total. The molecule has 0 spiro atoms. The highest BCUT2D eigenvalue weighted by Crippen LogP contribution is 2.34. The first-order chi connectivity index (χ1) is 20.0. The predicted molar refractivity (Wildman–Crippen MR) is 147 cm³/mol. The molecule has 1 amide bonds. The van der Waals surface area contributed by atoms with Crippen molar-refractivity contribution in [2.24, 2.45) is 0 Å². The van der Waals surface area contributed by atoms with Crippen LogP contribution in [0.1, 0.15) is 31.0 Å². The molecule has 226 valence electrons. The average Bonchev–Trinajstić information content (AvgIpc) is 3.41. The molecule has 0 aliphatic carbocycles. The van der Waals surface area contributed by atoms with Crippen molar-refractivity contribution in [2.75, 3.05) is 54.4 Å². The van der Waals surface area contributed by atoms with Crippen LogP contribution in [0.15, 0.2) is 34.6 Å². The van der Waals surface area contributed by atoms with E-state index in [0.29, 0.717) is 44.0 Å². The Morgan fingerprint density at radius 3 is 2.38 bits per heavy atom. The molecule has 16 heteroatoms. The molecule has 4 heterocycles. The van der Waals surface area contributed by atoms with Crippen molar-refractivity contribution >= 4 is 40.6 Å². The Hall–Kier alpha value is -3.72. The van der Waals surface area contributed by atoms with Gasteiger partial charge in [-0.3, -0.25) is 9.59 Å². The fraction of sp³-hybridized carbons (Fsp3) is 0.462. The van der Waals surface area contributed by atoms with Gasteiger partial charge in [0, 0.05) is 39.3 Å². The number of carbonyl (C=O) groups is 1. The quantitative estimate of drug-likeness (QED) is 0.406. The lowest BCUT2D eigenvalue weighted by molar-refractivity contribution is -0.137. The number of rotatable bonds is 6. The standard InChI is InChI=1S/C26H28ClF5N8O2/c1-2-19-21(37-11-7-33-8-12-37)23(42)40-25(35-24(36-40)38-9-5-15(6-10-38)22(28)29)39(19)14-20(41)34-18-4-3-16(13-17(18)27)26(30,31)32/h3-4,13,33H,2,5-12,14H2,1H3,(H,34,41). The van der Waals surface area contributed by atoms with Gasteiger partial charge in [0.25, 0.3) is 11.6 Å². The minimum Gasteiger partial charge on any atom is -0.363 e. The van der Waals surface area contributed by atoms with E-state index in [9.17, 15) is 31.5 Å². The molecule has 42 heavy (non-hydrogen) atoms. The lowest BCUT2D eigenvalue weighted by Crippen LogP contribution is -2.47. The summed E-state index contributed by atoms with van der Waals surface area (Å²) < 4.78 is 68.0. The largest absolute Gasteiger partial charge is 0.416 e. The number of carbonyl (C=O) groups excluding carboxylic acids is 1. The third-order valence-electron chi connectivity index (χ3n) is 7.37. The molecule has 0 unspecified atom stereocenters. The van der Waals surface area contributed by atoms with Crippen LogP contribution in [0.25, 0.3) is 5.78 Å². The maximum Gasteiger partial charge on any atom is 0.416 e. The van der Waals surface area contributed by atoms with E-state index in [1.165, 1.54) is 0 Å². The molecule has 2 fully saturated rings. The van der Waals surface area contributed by atoms with Crippen molar-refractivity contribution in [3.63, 3.8) is 0 Å². The van der Waals surface area contributed by atoms with E-state index in [1.807, 2.05) is 11.8 Å². The summed E-state index contributed by atoms with van der Waals surface area (Å²) in [6, 6.07) is 2.62. The van der Waals surface area contributed by atoms with Gasteiger partial charge in [0.2, 0.25) is 17.6 Å². The van der Waals surface area contributed by atoms with Crippen LogP contribution >= 0.6 is 11.6 Å². The number of halogens is 6. The third kappa shape index (κ3) is 5.93. The molecule has 0 bridgehead atoms. The second-order valence-corrected chi connectivity index (χ2v) is 10.4. The summed E-state index contributed by atoms with van der Waals surface area (Å²) in [5, 5.41) is 9.93. The normalized spacial score (nSPS) is 16.3. The van der Waals surface area contributed by atoms with Crippen LogP contribution in [0.4, 0.5) is 39.3 Å². The Bertz CT molecular complexity index is 1580. The van der Waals surface area contributed by atoms with Gasteiger partial charge in [-0.1, -0.05) is 18.5 Å². The number of piperazine rings is 1. The zero-order valence-electron chi connectivity index (χ0n) is 22.6. The minimum atomic E-state index is -4.60. The third-order valence-corrected chi connectivity index (χ3v) is 7.68. The highest BCUT2D eigenvalue weighted by Gasteiger charge is 2.31. The van der Waals surface area contributed by atoms with Gasteiger partial charge in [-0.15, -0.1) is 5.10 Å². The predicted octanol–water partition coefficient (Wildman–Crippen LogP) is 3.92. The second kappa shape index (κ2) is 11.9. The summed E-state index contributed by atoms with van der Waals surface area (Å²) in [6.45, 7) is 4.32. The monoisotopic (exact) mass is 614 g/mol. The molecule has 0 atom stereocenters. The van der Waals surface area contributed by atoms with E-state index in [-0.39, 0.29) is 60.5 Å². The smallest absolute Gasteiger partial charge is 0.363 e. The Morgan fingerprint density at radius 2 is 1.79 bits per heavy atom. The molecular formula is C26H28ClF5N8O2. The first-order valence-corrected chi connectivity index (χ1v) is 13.8. The molecule has 2 saturated heterocycles. The van der Waals surface area contributed by atoms with Gasteiger partial charge in [0.05, 0.1) is 22.0 Å². The van der Waals surface area contributed by atoms with Gasteiger partial charge in [0.1, 0.15) is 12.2 Å². The van der Waals surface area contributed by atoms with E-state index in [2.05, 4.69) is 20.7 Å². The van der Waals surface area contributed by atoms with Crippen LogP contribution < -0.4 is 26.0 Å². The number of anilines is 3. The van der Waals surface area contributed by atoms with Crippen molar-refractivity contribution < 1.29 is 26.7 Å². The second-order valence-electron chi connectivity index (χ2n) is 9.99. The molecule has 0 radical (unpaired) electrons. The fourth-order valence-electron chi connectivity index (χ4n) is 5.23. The van der Waals surface area contributed by atoms with E-state index < -0.39 is 29.3 Å². The van der Waals surface area contributed by atoms with Crippen LogP contribution in [-0.4, -0.2) is 64.3 Å². The SMILES string of the molecule is CCc1c(N2CCNCC2)c(=O)n2nc(N3CCC(=C(F)F)CC3)nc2n1CC(=O)Nc1ccc(C(F)(F)F)cc1Cl. The van der Waals surface area contributed by atoms with Crippen molar-refractivity contribution in [2.45, 2.75) is 38.9 Å². The van der Waals surface area contributed by atoms with Crippen LogP contribution in [0.3, 0.4) is 0 Å². The van der Waals surface area contributed by atoms with Gasteiger partial charge in [-0.25, -0.2) is 0 Å². The Labute approximate surface area is 241 Å². The van der Waals surface area contributed by atoms with E-state index in [1.54, 1.807) is 9.47 Å². The van der Waals surface area contributed by atoms with Gasteiger partial charge in [-0.05, 0) is 43.0 Å². The summed E-state index contributed by atoms with van der Waals surface area (Å²) in [5.41, 5.74) is -0.407. The molecule has 2 aliphatic heterocycles. The van der Waals surface area contributed by atoms with E-state index in [0.717, 1.165) is 22.7 Å². The highest BCUT2D eigenvalue weighted by molar-refractivity contribution is 6.33. The number of alkyl halides is 3. The summed E-state index contributed by atoms with van der Waals surface area (Å²) in [4.78, 5) is 35.2. The molecule has 5 rings (SSSR count). The summed E-state index contributed by atoms with van der Waals surface area (Å²) >= 11 is 6.05. The van der Waals surface area contributed by atoms with Crippen molar-refractivity contribution in [1.82, 2.24) is 24.5 Å². The zero-order valence-corrected chi connectivity index (χ0v) is 23.3.